The van der Waals surface area contributed by atoms with Gasteiger partial charge in [0, 0.05) is 22.4 Å². The summed E-state index contributed by atoms with van der Waals surface area (Å²) < 4.78 is 14.8. The van der Waals surface area contributed by atoms with Crippen LogP contribution in [0.1, 0.15) is 29.8 Å². The Hall–Kier alpha value is -1.26. The third-order valence-corrected chi connectivity index (χ3v) is 3.81. The second-order valence-electron chi connectivity index (χ2n) is 4.73. The molecule has 0 spiro atoms. The van der Waals surface area contributed by atoms with Crippen molar-refractivity contribution < 1.29 is 4.39 Å². The van der Waals surface area contributed by atoms with Crippen molar-refractivity contribution in [2.75, 3.05) is 6.54 Å². The Morgan fingerprint density at radius 1 is 1.35 bits per heavy atom. The second-order valence-corrected chi connectivity index (χ2v) is 5.64. The summed E-state index contributed by atoms with van der Waals surface area (Å²) in [4.78, 5) is 4.32. The number of rotatable bonds is 5. The van der Waals surface area contributed by atoms with Gasteiger partial charge < -0.3 is 5.32 Å². The van der Waals surface area contributed by atoms with E-state index in [-0.39, 0.29) is 11.9 Å². The molecule has 0 bridgehead atoms. The molecule has 0 aliphatic rings. The molecule has 1 aromatic heterocycles. The fourth-order valence-corrected chi connectivity index (χ4v) is 2.64. The molecular weight excluding hydrogens is 319 g/mol. The Morgan fingerprint density at radius 2 is 2.15 bits per heavy atom. The zero-order valence-corrected chi connectivity index (χ0v) is 13.2. The van der Waals surface area contributed by atoms with E-state index in [1.165, 1.54) is 6.07 Å². The molecule has 1 N–H and O–H groups in total. The van der Waals surface area contributed by atoms with Crippen LogP contribution < -0.4 is 5.32 Å². The van der Waals surface area contributed by atoms with Crippen LogP contribution in [0.3, 0.4) is 0 Å². The molecule has 2 nitrogen and oxygen atoms in total. The van der Waals surface area contributed by atoms with Crippen LogP contribution in [0.25, 0.3) is 0 Å². The first kappa shape index (κ1) is 15.1. The monoisotopic (exact) mass is 336 g/mol. The third-order valence-electron chi connectivity index (χ3n) is 3.31. The predicted octanol–water partition coefficient (Wildman–Crippen LogP) is 4.18. The molecule has 2 aromatic rings. The minimum atomic E-state index is -0.177. The van der Waals surface area contributed by atoms with E-state index < -0.39 is 0 Å². The summed E-state index contributed by atoms with van der Waals surface area (Å²) in [6.45, 7) is 4.87. The first-order chi connectivity index (χ1) is 9.61. The highest BCUT2D eigenvalue weighted by molar-refractivity contribution is 9.10. The van der Waals surface area contributed by atoms with Crippen molar-refractivity contribution in [2.45, 2.75) is 26.3 Å². The summed E-state index contributed by atoms with van der Waals surface area (Å²) in [5.74, 6) is -0.177. The molecule has 0 aliphatic heterocycles. The first-order valence-corrected chi connectivity index (χ1v) is 7.50. The highest BCUT2D eigenvalue weighted by atomic mass is 79.9. The molecule has 0 aliphatic carbocycles. The summed E-state index contributed by atoms with van der Waals surface area (Å²) in [5, 5.41) is 3.41. The predicted molar refractivity (Wildman–Crippen MR) is 83.2 cm³/mol. The van der Waals surface area contributed by atoms with Crippen molar-refractivity contribution in [3.8, 4) is 0 Å². The number of hydrogen-bond donors (Lipinski definition) is 1. The van der Waals surface area contributed by atoms with Gasteiger partial charge in [0.05, 0.1) is 0 Å². The molecule has 0 saturated carbocycles. The smallest absolute Gasteiger partial charge is 0.127 e. The lowest BCUT2D eigenvalue weighted by Gasteiger charge is -2.20. The average molecular weight is 337 g/mol. The van der Waals surface area contributed by atoms with E-state index in [0.717, 1.165) is 22.3 Å². The Labute approximate surface area is 127 Å². The van der Waals surface area contributed by atoms with Gasteiger partial charge in [0.25, 0.3) is 0 Å². The number of likely N-dealkylation sites (N-methyl/N-ethyl adjacent to an activating group) is 1. The van der Waals surface area contributed by atoms with E-state index in [1.54, 1.807) is 6.20 Å². The normalized spacial score (nSPS) is 12.4. The van der Waals surface area contributed by atoms with Gasteiger partial charge >= 0.3 is 0 Å². The number of halogens is 2. The number of aryl methyl sites for hydroxylation is 1. The van der Waals surface area contributed by atoms with Crippen LogP contribution in [0.5, 0.6) is 0 Å². The van der Waals surface area contributed by atoms with Crippen molar-refractivity contribution in [3.63, 3.8) is 0 Å². The van der Waals surface area contributed by atoms with Crippen LogP contribution in [0.2, 0.25) is 0 Å². The molecule has 0 amide bonds. The number of nitrogens with one attached hydrogen (secondary N) is 1. The number of nitrogens with zero attached hydrogens (tertiary/aromatic N) is 1. The zero-order valence-electron chi connectivity index (χ0n) is 11.7. The van der Waals surface area contributed by atoms with Gasteiger partial charge in [0.15, 0.2) is 0 Å². The van der Waals surface area contributed by atoms with Gasteiger partial charge in [0.1, 0.15) is 5.82 Å². The van der Waals surface area contributed by atoms with Crippen molar-refractivity contribution in [3.05, 3.63) is 63.6 Å². The standard InChI is InChI=1S/C16H18BrFN2/c1-3-19-16(14-5-4-8-20-11(14)2)9-12-6-7-13(17)10-15(12)18/h4-8,10,16,19H,3,9H2,1-2H3. The van der Waals surface area contributed by atoms with Crippen molar-refractivity contribution in [2.24, 2.45) is 0 Å². The van der Waals surface area contributed by atoms with Crippen LogP contribution in [-0.2, 0) is 6.42 Å². The quantitative estimate of drug-likeness (QED) is 0.885. The Bertz CT molecular complexity index is 586. The average Bonchev–Trinajstić information content (AvgIpc) is 2.42. The molecule has 2 rings (SSSR count). The SMILES string of the molecule is CCNC(Cc1ccc(Br)cc1F)c1cccnc1C. The molecule has 4 heteroatoms. The van der Waals surface area contributed by atoms with E-state index in [4.69, 9.17) is 0 Å². The van der Waals surface area contributed by atoms with Gasteiger partial charge in [-0.1, -0.05) is 35.0 Å². The maximum absolute atomic E-state index is 14.0. The lowest BCUT2D eigenvalue weighted by atomic mass is 9.97. The Balaban J connectivity index is 2.28. The molecule has 1 atom stereocenters. The number of hydrogen-bond acceptors (Lipinski definition) is 2. The zero-order chi connectivity index (χ0) is 14.5. The summed E-state index contributed by atoms with van der Waals surface area (Å²) in [7, 11) is 0. The van der Waals surface area contributed by atoms with Gasteiger partial charge in [-0.3, -0.25) is 4.98 Å². The molecule has 1 heterocycles. The van der Waals surface area contributed by atoms with E-state index in [1.807, 2.05) is 31.2 Å². The number of benzene rings is 1. The summed E-state index contributed by atoms with van der Waals surface area (Å²) in [6.07, 6.45) is 2.39. The number of pyridine rings is 1. The fraction of sp³-hybridized carbons (Fsp3) is 0.312. The van der Waals surface area contributed by atoms with E-state index in [2.05, 4.69) is 33.2 Å². The molecule has 20 heavy (non-hydrogen) atoms. The molecule has 1 unspecified atom stereocenters. The molecule has 0 saturated heterocycles. The maximum Gasteiger partial charge on any atom is 0.127 e. The summed E-state index contributed by atoms with van der Waals surface area (Å²) in [5.41, 5.74) is 2.81. The van der Waals surface area contributed by atoms with E-state index >= 15 is 0 Å². The van der Waals surface area contributed by atoms with Crippen molar-refractivity contribution >= 4 is 15.9 Å². The highest BCUT2D eigenvalue weighted by Gasteiger charge is 2.16. The Morgan fingerprint density at radius 3 is 2.80 bits per heavy atom. The van der Waals surface area contributed by atoms with Crippen LogP contribution in [-0.4, -0.2) is 11.5 Å². The Kier molecular flexibility index (Phi) is 5.26. The van der Waals surface area contributed by atoms with Crippen LogP contribution in [0.4, 0.5) is 4.39 Å². The maximum atomic E-state index is 14.0. The summed E-state index contributed by atoms with van der Waals surface area (Å²) in [6, 6.07) is 9.25. The minimum absolute atomic E-state index is 0.0735. The first-order valence-electron chi connectivity index (χ1n) is 6.70. The van der Waals surface area contributed by atoms with Gasteiger partial charge in [-0.15, -0.1) is 0 Å². The van der Waals surface area contributed by atoms with Gasteiger partial charge in [-0.25, -0.2) is 4.39 Å². The van der Waals surface area contributed by atoms with Crippen LogP contribution in [0, 0.1) is 12.7 Å². The van der Waals surface area contributed by atoms with Crippen LogP contribution >= 0.6 is 15.9 Å². The van der Waals surface area contributed by atoms with Gasteiger partial charge in [-0.05, 0) is 49.2 Å². The molecule has 106 valence electrons. The largest absolute Gasteiger partial charge is 0.310 e. The summed E-state index contributed by atoms with van der Waals surface area (Å²) >= 11 is 3.28. The van der Waals surface area contributed by atoms with Gasteiger partial charge in [0.2, 0.25) is 0 Å². The highest BCUT2D eigenvalue weighted by Crippen LogP contribution is 2.23. The fourth-order valence-electron chi connectivity index (χ4n) is 2.31. The van der Waals surface area contributed by atoms with Crippen molar-refractivity contribution in [1.82, 2.24) is 10.3 Å². The van der Waals surface area contributed by atoms with E-state index in [0.29, 0.717) is 12.0 Å². The lowest BCUT2D eigenvalue weighted by molar-refractivity contribution is 0.524. The van der Waals surface area contributed by atoms with Gasteiger partial charge in [-0.2, -0.15) is 0 Å². The second kappa shape index (κ2) is 6.95. The van der Waals surface area contributed by atoms with E-state index in [9.17, 15) is 4.39 Å². The minimum Gasteiger partial charge on any atom is -0.310 e. The lowest BCUT2D eigenvalue weighted by Crippen LogP contribution is -2.24. The molecular formula is C16H18BrFN2. The molecule has 1 aromatic carbocycles. The molecule has 0 radical (unpaired) electrons. The third kappa shape index (κ3) is 3.64. The van der Waals surface area contributed by atoms with Crippen LogP contribution in [0.15, 0.2) is 41.0 Å². The molecule has 0 fully saturated rings. The number of aromatic nitrogens is 1. The topological polar surface area (TPSA) is 24.9 Å². The van der Waals surface area contributed by atoms with Crippen molar-refractivity contribution in [1.29, 1.82) is 0 Å².